The van der Waals surface area contributed by atoms with Crippen LogP contribution in [0.1, 0.15) is 11.1 Å². The molecule has 0 unspecified atom stereocenters. The van der Waals surface area contributed by atoms with Gasteiger partial charge < -0.3 is 10.6 Å². The van der Waals surface area contributed by atoms with Crippen LogP contribution in [0.2, 0.25) is 0 Å². The van der Waals surface area contributed by atoms with E-state index in [9.17, 15) is 0 Å². The maximum Gasteiger partial charge on any atom is 0.0464 e. The number of nitrogens with one attached hydrogen (secondary N) is 2. The number of benzene rings is 5. The second kappa shape index (κ2) is 10.2. The molecule has 0 aliphatic rings. The van der Waals surface area contributed by atoms with E-state index in [1.54, 1.807) is 0 Å². The van der Waals surface area contributed by atoms with Crippen LogP contribution in [-0.2, 0) is 0 Å². The standard InChI is InChI=1S/C32H27BrN2/c1-22-3-14-28(15-4-22)34-29-18-9-24(10-19-29)26-11-20-32(35-30-16-5-23(2)6-17-30)31(21-26)25-7-12-27(33)13-8-25/h3-21,34-35H,1-2H3. The van der Waals surface area contributed by atoms with Crippen LogP contribution >= 0.6 is 15.9 Å². The highest BCUT2D eigenvalue weighted by Gasteiger charge is 2.09. The lowest BCUT2D eigenvalue weighted by atomic mass is 9.97. The maximum atomic E-state index is 3.61. The number of halogens is 1. The number of hydrogen-bond donors (Lipinski definition) is 2. The van der Waals surface area contributed by atoms with Crippen LogP contribution in [0.15, 0.2) is 120 Å². The van der Waals surface area contributed by atoms with E-state index in [-0.39, 0.29) is 0 Å². The van der Waals surface area contributed by atoms with Crippen LogP contribution in [0.5, 0.6) is 0 Å². The Labute approximate surface area is 215 Å². The first-order valence-electron chi connectivity index (χ1n) is 11.7. The summed E-state index contributed by atoms with van der Waals surface area (Å²) in [5.74, 6) is 0. The maximum absolute atomic E-state index is 3.61. The van der Waals surface area contributed by atoms with E-state index in [4.69, 9.17) is 0 Å². The summed E-state index contributed by atoms with van der Waals surface area (Å²) in [5, 5.41) is 7.09. The molecule has 3 heteroatoms. The number of hydrogen-bond acceptors (Lipinski definition) is 2. The number of aryl methyl sites for hydroxylation is 2. The first kappa shape index (κ1) is 22.9. The summed E-state index contributed by atoms with van der Waals surface area (Å²) in [6, 6.07) is 40.6. The van der Waals surface area contributed by atoms with E-state index in [1.807, 2.05) is 0 Å². The van der Waals surface area contributed by atoms with Crippen LogP contribution in [0, 0.1) is 13.8 Å². The van der Waals surface area contributed by atoms with Crippen molar-refractivity contribution in [3.63, 3.8) is 0 Å². The molecule has 0 heterocycles. The van der Waals surface area contributed by atoms with Gasteiger partial charge in [0.25, 0.3) is 0 Å². The van der Waals surface area contributed by atoms with Crippen molar-refractivity contribution < 1.29 is 0 Å². The molecule has 0 saturated heterocycles. The molecule has 172 valence electrons. The van der Waals surface area contributed by atoms with Crippen LogP contribution < -0.4 is 10.6 Å². The van der Waals surface area contributed by atoms with Crippen molar-refractivity contribution in [3.8, 4) is 22.3 Å². The van der Waals surface area contributed by atoms with Crippen molar-refractivity contribution in [3.05, 3.63) is 131 Å². The van der Waals surface area contributed by atoms with Crippen LogP contribution in [0.25, 0.3) is 22.3 Å². The Bertz CT molecular complexity index is 1420. The highest BCUT2D eigenvalue weighted by molar-refractivity contribution is 9.10. The van der Waals surface area contributed by atoms with Gasteiger partial charge in [0.1, 0.15) is 0 Å². The van der Waals surface area contributed by atoms with Gasteiger partial charge in [-0.2, -0.15) is 0 Å². The Kier molecular flexibility index (Phi) is 6.69. The van der Waals surface area contributed by atoms with Crippen LogP contribution in [0.4, 0.5) is 22.7 Å². The van der Waals surface area contributed by atoms with Gasteiger partial charge in [-0.1, -0.05) is 81.7 Å². The molecule has 0 aliphatic heterocycles. The number of anilines is 4. The zero-order valence-corrected chi connectivity index (χ0v) is 21.4. The molecule has 2 N–H and O–H groups in total. The molecule has 0 atom stereocenters. The molecule has 2 nitrogen and oxygen atoms in total. The van der Waals surface area contributed by atoms with Gasteiger partial charge >= 0.3 is 0 Å². The molecule has 0 radical (unpaired) electrons. The largest absolute Gasteiger partial charge is 0.356 e. The molecule has 5 rings (SSSR count). The van der Waals surface area contributed by atoms with Gasteiger partial charge in [0.05, 0.1) is 0 Å². The Hall–Kier alpha value is -3.82. The lowest BCUT2D eigenvalue weighted by Crippen LogP contribution is -1.95. The zero-order chi connectivity index (χ0) is 24.2. The topological polar surface area (TPSA) is 24.1 Å². The van der Waals surface area contributed by atoms with Gasteiger partial charge in [-0.25, -0.2) is 0 Å². The van der Waals surface area contributed by atoms with Gasteiger partial charge in [0.15, 0.2) is 0 Å². The fourth-order valence-electron chi connectivity index (χ4n) is 4.04. The van der Waals surface area contributed by atoms with Crippen molar-refractivity contribution in [1.82, 2.24) is 0 Å². The van der Waals surface area contributed by atoms with Crippen molar-refractivity contribution in [1.29, 1.82) is 0 Å². The fourth-order valence-corrected chi connectivity index (χ4v) is 4.31. The lowest BCUT2D eigenvalue weighted by molar-refractivity contribution is 1.45. The lowest BCUT2D eigenvalue weighted by Gasteiger charge is -2.15. The first-order valence-corrected chi connectivity index (χ1v) is 12.5. The summed E-state index contributed by atoms with van der Waals surface area (Å²) in [6.07, 6.45) is 0. The summed E-state index contributed by atoms with van der Waals surface area (Å²) >= 11 is 3.56. The molecule has 5 aromatic carbocycles. The molecular weight excluding hydrogens is 492 g/mol. The summed E-state index contributed by atoms with van der Waals surface area (Å²) in [7, 11) is 0. The van der Waals surface area contributed by atoms with E-state index in [0.717, 1.165) is 32.8 Å². The van der Waals surface area contributed by atoms with E-state index < -0.39 is 0 Å². The minimum atomic E-state index is 1.07. The smallest absolute Gasteiger partial charge is 0.0464 e. The second-order valence-electron chi connectivity index (χ2n) is 8.83. The fraction of sp³-hybridized carbons (Fsp3) is 0.0625. The summed E-state index contributed by atoms with van der Waals surface area (Å²) in [4.78, 5) is 0. The van der Waals surface area contributed by atoms with Gasteiger partial charge in [-0.3, -0.25) is 0 Å². The van der Waals surface area contributed by atoms with Crippen molar-refractivity contribution in [2.45, 2.75) is 13.8 Å². The first-order chi connectivity index (χ1) is 17.0. The Morgan fingerprint density at radius 1 is 0.457 bits per heavy atom. The Balaban J connectivity index is 1.46. The molecule has 0 aromatic heterocycles. The van der Waals surface area contributed by atoms with Crippen LogP contribution in [0.3, 0.4) is 0 Å². The van der Waals surface area contributed by atoms with Crippen molar-refractivity contribution in [2.75, 3.05) is 10.6 Å². The third-order valence-corrected chi connectivity index (χ3v) is 6.59. The Morgan fingerprint density at radius 3 is 1.49 bits per heavy atom. The monoisotopic (exact) mass is 518 g/mol. The predicted octanol–water partition coefficient (Wildman–Crippen LogP) is 9.89. The molecule has 5 aromatic rings. The molecule has 0 amide bonds. The van der Waals surface area contributed by atoms with Crippen molar-refractivity contribution >= 4 is 38.7 Å². The minimum absolute atomic E-state index is 1.07. The molecule has 0 fully saturated rings. The summed E-state index contributed by atoms with van der Waals surface area (Å²) < 4.78 is 1.07. The average molecular weight is 519 g/mol. The molecule has 0 spiro atoms. The van der Waals surface area contributed by atoms with E-state index in [1.165, 1.54) is 27.8 Å². The second-order valence-corrected chi connectivity index (χ2v) is 9.74. The SMILES string of the molecule is Cc1ccc(Nc2ccc(-c3ccc(Nc4ccc(C)cc4)c(-c4ccc(Br)cc4)c3)cc2)cc1. The van der Waals surface area contributed by atoms with Gasteiger partial charge in [-0.05, 0) is 91.2 Å². The highest BCUT2D eigenvalue weighted by atomic mass is 79.9. The minimum Gasteiger partial charge on any atom is -0.356 e. The van der Waals surface area contributed by atoms with Crippen LogP contribution in [-0.4, -0.2) is 0 Å². The predicted molar refractivity (Wildman–Crippen MR) is 154 cm³/mol. The third-order valence-electron chi connectivity index (χ3n) is 6.06. The molecular formula is C32H27BrN2. The average Bonchev–Trinajstić information content (AvgIpc) is 2.88. The quantitative estimate of drug-likeness (QED) is 0.233. The van der Waals surface area contributed by atoms with E-state index in [2.05, 4.69) is 156 Å². The normalized spacial score (nSPS) is 10.7. The molecule has 0 aliphatic carbocycles. The Morgan fingerprint density at radius 2 is 0.914 bits per heavy atom. The summed E-state index contributed by atoms with van der Waals surface area (Å²) in [5.41, 5.74) is 11.5. The molecule has 0 saturated carbocycles. The molecule has 0 bridgehead atoms. The van der Waals surface area contributed by atoms with Crippen molar-refractivity contribution in [2.24, 2.45) is 0 Å². The summed E-state index contributed by atoms with van der Waals surface area (Å²) in [6.45, 7) is 4.20. The van der Waals surface area contributed by atoms with Gasteiger partial charge in [0.2, 0.25) is 0 Å². The van der Waals surface area contributed by atoms with Gasteiger partial charge in [0, 0.05) is 32.8 Å². The van der Waals surface area contributed by atoms with E-state index in [0.29, 0.717) is 0 Å². The van der Waals surface area contributed by atoms with Gasteiger partial charge in [-0.15, -0.1) is 0 Å². The zero-order valence-electron chi connectivity index (χ0n) is 19.8. The third kappa shape index (κ3) is 5.64. The number of rotatable bonds is 6. The van der Waals surface area contributed by atoms with E-state index >= 15 is 0 Å². The molecule has 35 heavy (non-hydrogen) atoms. The highest BCUT2D eigenvalue weighted by Crippen LogP contribution is 2.35.